The summed E-state index contributed by atoms with van der Waals surface area (Å²) in [4.78, 5) is 24.2. The van der Waals surface area contributed by atoms with Crippen molar-refractivity contribution >= 4 is 39.1 Å². The average molecular weight is 389 g/mol. The molecule has 1 atom stereocenters. The van der Waals surface area contributed by atoms with E-state index in [1.807, 2.05) is 24.3 Å². The summed E-state index contributed by atoms with van der Waals surface area (Å²) in [6, 6.07) is 14.1. The van der Waals surface area contributed by atoms with E-state index in [4.69, 9.17) is 4.74 Å². The molecule has 1 fully saturated rings. The Hall–Kier alpha value is -2.18. The molecule has 3 rings (SSSR count). The molecule has 0 saturated carbocycles. The van der Waals surface area contributed by atoms with Gasteiger partial charge in [-0.1, -0.05) is 15.9 Å². The molecule has 24 heavy (non-hydrogen) atoms. The molecule has 124 valence electrons. The Morgan fingerprint density at radius 1 is 0.958 bits per heavy atom. The molecular formula is C18H17BrN2O3. The molecular weight excluding hydrogens is 372 g/mol. The molecule has 2 N–H and O–H groups in total. The van der Waals surface area contributed by atoms with Crippen LogP contribution in [0.1, 0.15) is 23.2 Å². The van der Waals surface area contributed by atoms with Gasteiger partial charge in [0.1, 0.15) is 6.10 Å². The zero-order valence-electron chi connectivity index (χ0n) is 12.9. The van der Waals surface area contributed by atoms with E-state index in [9.17, 15) is 9.59 Å². The summed E-state index contributed by atoms with van der Waals surface area (Å²) in [5.41, 5.74) is 1.89. The second-order valence-electron chi connectivity index (χ2n) is 5.53. The molecule has 2 aromatic rings. The van der Waals surface area contributed by atoms with Crippen LogP contribution in [0.25, 0.3) is 0 Å². The molecule has 0 radical (unpaired) electrons. The SMILES string of the molecule is O=C(Nc1ccc(Br)cc1)c1ccc(NC(=O)C2CCCO2)cc1. The van der Waals surface area contributed by atoms with Crippen molar-refractivity contribution in [1.82, 2.24) is 0 Å². The smallest absolute Gasteiger partial charge is 0.255 e. The first-order valence-corrected chi connectivity index (χ1v) is 8.50. The van der Waals surface area contributed by atoms with Crippen molar-refractivity contribution in [2.75, 3.05) is 17.2 Å². The third-order valence-corrected chi connectivity index (χ3v) is 4.27. The Bertz CT molecular complexity index is 723. The van der Waals surface area contributed by atoms with Crippen molar-refractivity contribution in [2.24, 2.45) is 0 Å². The Morgan fingerprint density at radius 2 is 1.58 bits per heavy atom. The average Bonchev–Trinajstić information content (AvgIpc) is 3.12. The number of carbonyl (C=O) groups excluding carboxylic acids is 2. The standard InChI is InChI=1S/C18H17BrN2O3/c19-13-5-9-15(10-6-13)20-17(22)12-3-7-14(8-4-12)21-18(23)16-2-1-11-24-16/h3-10,16H,1-2,11H2,(H,20,22)(H,21,23). The van der Waals surface area contributed by atoms with Crippen LogP contribution in [0.2, 0.25) is 0 Å². The summed E-state index contributed by atoms with van der Waals surface area (Å²) >= 11 is 3.35. The monoisotopic (exact) mass is 388 g/mol. The summed E-state index contributed by atoms with van der Waals surface area (Å²) < 4.78 is 6.29. The predicted molar refractivity (Wildman–Crippen MR) is 96.1 cm³/mol. The molecule has 5 nitrogen and oxygen atoms in total. The lowest BCUT2D eigenvalue weighted by Gasteiger charge is -2.11. The molecule has 0 aromatic heterocycles. The van der Waals surface area contributed by atoms with E-state index < -0.39 is 0 Å². The summed E-state index contributed by atoms with van der Waals surface area (Å²) in [5.74, 6) is -0.339. The Kier molecular flexibility index (Phi) is 5.27. The van der Waals surface area contributed by atoms with Crippen LogP contribution >= 0.6 is 15.9 Å². The van der Waals surface area contributed by atoms with E-state index in [2.05, 4.69) is 26.6 Å². The first kappa shape index (κ1) is 16.7. The third-order valence-electron chi connectivity index (χ3n) is 3.74. The summed E-state index contributed by atoms with van der Waals surface area (Å²) in [6.45, 7) is 0.632. The second kappa shape index (κ2) is 7.59. The first-order valence-electron chi connectivity index (χ1n) is 7.71. The fourth-order valence-electron chi connectivity index (χ4n) is 2.45. The zero-order valence-corrected chi connectivity index (χ0v) is 14.5. The van der Waals surface area contributed by atoms with E-state index >= 15 is 0 Å². The Morgan fingerprint density at radius 3 is 2.21 bits per heavy atom. The van der Waals surface area contributed by atoms with Gasteiger partial charge in [-0.3, -0.25) is 9.59 Å². The highest BCUT2D eigenvalue weighted by molar-refractivity contribution is 9.10. The van der Waals surface area contributed by atoms with Crippen LogP contribution in [-0.4, -0.2) is 24.5 Å². The number of amides is 2. The molecule has 1 aliphatic rings. The minimum absolute atomic E-state index is 0.139. The van der Waals surface area contributed by atoms with E-state index in [-0.39, 0.29) is 17.9 Å². The highest BCUT2D eigenvalue weighted by atomic mass is 79.9. The first-order chi connectivity index (χ1) is 11.6. The van der Waals surface area contributed by atoms with Gasteiger partial charge in [0, 0.05) is 28.0 Å². The Balaban J connectivity index is 1.60. The van der Waals surface area contributed by atoms with Gasteiger partial charge in [0.05, 0.1) is 0 Å². The van der Waals surface area contributed by atoms with Gasteiger partial charge in [-0.25, -0.2) is 0 Å². The molecule has 1 saturated heterocycles. The summed E-state index contributed by atoms with van der Waals surface area (Å²) in [6.07, 6.45) is 1.29. The zero-order chi connectivity index (χ0) is 16.9. The van der Waals surface area contributed by atoms with Crippen LogP contribution in [0.5, 0.6) is 0 Å². The minimum Gasteiger partial charge on any atom is -0.368 e. The van der Waals surface area contributed by atoms with Gasteiger partial charge in [0.15, 0.2) is 0 Å². The van der Waals surface area contributed by atoms with Gasteiger partial charge < -0.3 is 15.4 Å². The molecule has 2 aromatic carbocycles. The quantitative estimate of drug-likeness (QED) is 0.836. The van der Waals surface area contributed by atoms with Crippen LogP contribution in [0.3, 0.4) is 0 Å². The fraction of sp³-hybridized carbons (Fsp3) is 0.222. The van der Waals surface area contributed by atoms with E-state index in [1.165, 1.54) is 0 Å². The maximum Gasteiger partial charge on any atom is 0.255 e. The van der Waals surface area contributed by atoms with Crippen LogP contribution in [-0.2, 0) is 9.53 Å². The lowest BCUT2D eigenvalue weighted by atomic mass is 10.1. The maximum atomic E-state index is 12.2. The van der Waals surface area contributed by atoms with Crippen molar-refractivity contribution in [3.8, 4) is 0 Å². The predicted octanol–water partition coefficient (Wildman–Crippen LogP) is 3.82. The maximum absolute atomic E-state index is 12.2. The highest BCUT2D eigenvalue weighted by Gasteiger charge is 2.23. The highest BCUT2D eigenvalue weighted by Crippen LogP contribution is 2.17. The van der Waals surface area contributed by atoms with Gasteiger partial charge in [-0.05, 0) is 61.4 Å². The van der Waals surface area contributed by atoms with E-state index in [1.54, 1.807) is 24.3 Å². The molecule has 6 heteroatoms. The summed E-state index contributed by atoms with van der Waals surface area (Å²) in [7, 11) is 0. The molecule has 0 aliphatic carbocycles. The molecule has 1 heterocycles. The van der Waals surface area contributed by atoms with Crippen molar-refractivity contribution in [3.05, 3.63) is 58.6 Å². The number of halogens is 1. The number of hydrogen-bond donors (Lipinski definition) is 2. The molecule has 1 aliphatic heterocycles. The number of rotatable bonds is 4. The Labute approximate surface area is 148 Å². The number of anilines is 2. The third kappa shape index (κ3) is 4.21. The second-order valence-corrected chi connectivity index (χ2v) is 6.44. The van der Waals surface area contributed by atoms with Gasteiger partial charge in [0.25, 0.3) is 11.8 Å². The largest absolute Gasteiger partial charge is 0.368 e. The molecule has 0 bridgehead atoms. The lowest BCUT2D eigenvalue weighted by molar-refractivity contribution is -0.124. The van der Waals surface area contributed by atoms with Crippen LogP contribution < -0.4 is 10.6 Å². The number of carbonyl (C=O) groups is 2. The van der Waals surface area contributed by atoms with E-state index in [0.29, 0.717) is 17.9 Å². The lowest BCUT2D eigenvalue weighted by Crippen LogP contribution is -2.26. The molecule has 2 amide bonds. The molecule has 0 spiro atoms. The van der Waals surface area contributed by atoms with Gasteiger partial charge in [-0.15, -0.1) is 0 Å². The number of nitrogens with one attached hydrogen (secondary N) is 2. The molecule has 1 unspecified atom stereocenters. The summed E-state index contributed by atoms with van der Waals surface area (Å²) in [5, 5.41) is 5.63. The number of benzene rings is 2. The van der Waals surface area contributed by atoms with Crippen LogP contribution in [0.4, 0.5) is 11.4 Å². The number of hydrogen-bond acceptors (Lipinski definition) is 3. The van der Waals surface area contributed by atoms with E-state index in [0.717, 1.165) is 23.0 Å². The van der Waals surface area contributed by atoms with Gasteiger partial charge in [-0.2, -0.15) is 0 Å². The number of ether oxygens (including phenoxy) is 1. The fourth-order valence-corrected chi connectivity index (χ4v) is 2.71. The van der Waals surface area contributed by atoms with Gasteiger partial charge in [0.2, 0.25) is 0 Å². The minimum atomic E-state index is -0.370. The van der Waals surface area contributed by atoms with Crippen molar-refractivity contribution < 1.29 is 14.3 Å². The van der Waals surface area contributed by atoms with Crippen LogP contribution in [0.15, 0.2) is 53.0 Å². The topological polar surface area (TPSA) is 67.4 Å². The van der Waals surface area contributed by atoms with Crippen molar-refractivity contribution in [3.63, 3.8) is 0 Å². The van der Waals surface area contributed by atoms with Crippen LogP contribution in [0, 0.1) is 0 Å². The normalized spacial score (nSPS) is 16.6. The van der Waals surface area contributed by atoms with Crippen molar-refractivity contribution in [2.45, 2.75) is 18.9 Å². The van der Waals surface area contributed by atoms with Gasteiger partial charge >= 0.3 is 0 Å². The van der Waals surface area contributed by atoms with Crippen molar-refractivity contribution in [1.29, 1.82) is 0 Å².